The van der Waals surface area contributed by atoms with Gasteiger partial charge in [-0.1, -0.05) is 5.21 Å². The van der Waals surface area contributed by atoms with Gasteiger partial charge in [-0.15, -0.1) is 27.7 Å². The largest absolute Gasteiger partial charge is 0.345 e. The fraction of sp³-hybridized carbons (Fsp3) is 0.800. The fourth-order valence-electron chi connectivity index (χ4n) is 6.97. The van der Waals surface area contributed by atoms with Gasteiger partial charge in [-0.2, -0.15) is 4.80 Å². The molecule has 4 saturated carbocycles. The number of rotatable bonds is 6. The van der Waals surface area contributed by atoms with Crippen LogP contribution in [0.5, 0.6) is 0 Å². The van der Waals surface area contributed by atoms with Gasteiger partial charge in [0, 0.05) is 38.3 Å². The van der Waals surface area contributed by atoms with E-state index in [1.54, 1.807) is 10.9 Å². The number of aromatic nitrogens is 7. The molecular weight excluding hydrogens is 432 g/mol. The van der Waals surface area contributed by atoms with Crippen LogP contribution in [-0.4, -0.2) is 84.3 Å². The van der Waals surface area contributed by atoms with Crippen LogP contribution in [0.4, 0.5) is 0 Å². The van der Waals surface area contributed by atoms with Crippen molar-refractivity contribution in [2.75, 3.05) is 32.7 Å². The predicted molar refractivity (Wildman–Crippen MR) is 117 cm³/mol. The Labute approximate surface area is 193 Å². The Kier molecular flexibility index (Phi) is 5.67. The molecule has 7 rings (SSSR count). The van der Waals surface area contributed by atoms with Crippen molar-refractivity contribution >= 4 is 18.3 Å². The second-order valence-electron chi connectivity index (χ2n) is 10.1. The number of piperazine rings is 1. The Morgan fingerprint density at radius 2 is 1.91 bits per heavy atom. The number of carbonyl (C=O) groups excluding carboxylic acids is 1. The summed E-state index contributed by atoms with van der Waals surface area (Å²) < 4.78 is 1.79. The van der Waals surface area contributed by atoms with Crippen molar-refractivity contribution in [2.45, 2.75) is 56.1 Å². The summed E-state index contributed by atoms with van der Waals surface area (Å²) in [6.45, 7) is 5.83. The van der Waals surface area contributed by atoms with E-state index >= 15 is 0 Å². The molecule has 1 amide bonds. The van der Waals surface area contributed by atoms with Crippen LogP contribution in [0.1, 0.15) is 49.0 Å². The second kappa shape index (κ2) is 8.35. The molecule has 3 heterocycles. The van der Waals surface area contributed by atoms with Gasteiger partial charge in [0.2, 0.25) is 0 Å². The number of carbonyl (C=O) groups is 1. The zero-order valence-electron chi connectivity index (χ0n) is 18.2. The lowest BCUT2D eigenvalue weighted by molar-refractivity contribution is -0.0811. The highest BCUT2D eigenvalue weighted by Crippen LogP contribution is 2.60. The molecule has 5 aliphatic rings. The zero-order chi connectivity index (χ0) is 20.9. The summed E-state index contributed by atoms with van der Waals surface area (Å²) in [7, 11) is 0. The van der Waals surface area contributed by atoms with Gasteiger partial charge >= 0.3 is 0 Å². The standard InChI is InChI=1S/C20H30N10O.ClH/c31-18(17-12-29(27-25-17)6-5-28-3-1-21-2-4-28)24-19-8-15-7-16(9-19)11-20(10-15,13-19)30-23-14-22-26-30;/h12,14-16,21H,1-11,13H2,(H,24,31);1H. The molecule has 174 valence electrons. The van der Waals surface area contributed by atoms with Crippen molar-refractivity contribution in [1.82, 2.24) is 50.7 Å². The maximum Gasteiger partial charge on any atom is 0.273 e. The smallest absolute Gasteiger partial charge is 0.273 e. The van der Waals surface area contributed by atoms with E-state index in [1.165, 1.54) is 12.7 Å². The first-order valence-electron chi connectivity index (χ1n) is 11.5. The van der Waals surface area contributed by atoms with Crippen LogP contribution < -0.4 is 10.6 Å². The van der Waals surface area contributed by atoms with Crippen molar-refractivity contribution in [2.24, 2.45) is 11.8 Å². The number of nitrogens with zero attached hydrogens (tertiary/aromatic N) is 8. The molecule has 11 nitrogen and oxygen atoms in total. The first-order chi connectivity index (χ1) is 15.1. The summed E-state index contributed by atoms with van der Waals surface area (Å²) in [5, 5.41) is 27.7. The van der Waals surface area contributed by atoms with Crippen molar-refractivity contribution in [3.8, 4) is 0 Å². The van der Waals surface area contributed by atoms with E-state index in [1.807, 2.05) is 4.80 Å². The molecule has 1 saturated heterocycles. The van der Waals surface area contributed by atoms with Crippen molar-refractivity contribution < 1.29 is 4.79 Å². The van der Waals surface area contributed by atoms with E-state index in [-0.39, 0.29) is 29.4 Å². The van der Waals surface area contributed by atoms with Crippen molar-refractivity contribution in [3.05, 3.63) is 18.2 Å². The van der Waals surface area contributed by atoms with E-state index in [0.29, 0.717) is 17.5 Å². The van der Waals surface area contributed by atoms with Gasteiger partial charge in [0.15, 0.2) is 12.0 Å². The molecule has 0 aromatic carbocycles. The molecule has 2 N–H and O–H groups in total. The molecule has 1 aliphatic heterocycles. The number of hydrogen-bond donors (Lipinski definition) is 2. The van der Waals surface area contributed by atoms with Gasteiger partial charge in [-0.3, -0.25) is 14.4 Å². The number of nitrogens with one attached hydrogen (secondary N) is 2. The highest BCUT2D eigenvalue weighted by atomic mass is 35.5. The molecule has 2 unspecified atom stereocenters. The molecule has 2 atom stereocenters. The highest BCUT2D eigenvalue weighted by molar-refractivity contribution is 5.92. The number of tetrazole rings is 1. The lowest BCUT2D eigenvalue weighted by atomic mass is 9.50. The number of amides is 1. The summed E-state index contributed by atoms with van der Waals surface area (Å²) in [6.07, 6.45) is 9.64. The Bertz CT molecular complexity index is 926. The van der Waals surface area contributed by atoms with Crippen LogP contribution >= 0.6 is 12.4 Å². The zero-order valence-corrected chi connectivity index (χ0v) is 19.0. The van der Waals surface area contributed by atoms with Gasteiger partial charge in [-0.05, 0) is 55.6 Å². The first-order valence-corrected chi connectivity index (χ1v) is 11.5. The molecule has 5 fully saturated rings. The van der Waals surface area contributed by atoms with Crippen LogP contribution in [0.25, 0.3) is 0 Å². The summed E-state index contributed by atoms with van der Waals surface area (Å²) in [5.74, 6) is 1.08. The molecule has 12 heteroatoms. The summed E-state index contributed by atoms with van der Waals surface area (Å²) in [5.41, 5.74) is 0.0812. The van der Waals surface area contributed by atoms with Gasteiger partial charge in [0.1, 0.15) is 0 Å². The van der Waals surface area contributed by atoms with Gasteiger partial charge in [-0.25, -0.2) is 0 Å². The molecule has 0 spiro atoms. The van der Waals surface area contributed by atoms with Gasteiger partial charge in [0.05, 0.1) is 18.3 Å². The minimum Gasteiger partial charge on any atom is -0.345 e. The molecule has 2 aromatic rings. The third-order valence-electron chi connectivity index (χ3n) is 7.81. The maximum absolute atomic E-state index is 13.1. The fourth-order valence-corrected chi connectivity index (χ4v) is 6.97. The quantitative estimate of drug-likeness (QED) is 0.619. The van der Waals surface area contributed by atoms with Crippen LogP contribution in [0.2, 0.25) is 0 Å². The second-order valence-corrected chi connectivity index (χ2v) is 10.1. The molecule has 32 heavy (non-hydrogen) atoms. The molecular formula is C20H31ClN10O. The monoisotopic (exact) mass is 462 g/mol. The Morgan fingerprint density at radius 3 is 2.62 bits per heavy atom. The van der Waals surface area contributed by atoms with E-state index in [9.17, 15) is 4.79 Å². The lowest BCUT2D eigenvalue weighted by Crippen LogP contribution is -2.66. The molecule has 4 aliphatic carbocycles. The summed E-state index contributed by atoms with van der Waals surface area (Å²) in [4.78, 5) is 17.4. The normalized spacial score (nSPS) is 33.8. The van der Waals surface area contributed by atoms with E-state index in [4.69, 9.17) is 0 Å². The molecule has 4 bridgehead atoms. The summed E-state index contributed by atoms with van der Waals surface area (Å²) >= 11 is 0. The van der Waals surface area contributed by atoms with Gasteiger partial charge in [0.25, 0.3) is 5.91 Å². The Hall–Kier alpha value is -2.11. The van der Waals surface area contributed by atoms with Gasteiger partial charge < -0.3 is 10.6 Å². The third-order valence-corrected chi connectivity index (χ3v) is 7.81. The minimum absolute atomic E-state index is 0. The predicted octanol–water partition coefficient (Wildman–Crippen LogP) is 0.0695. The highest BCUT2D eigenvalue weighted by Gasteiger charge is 2.60. The Balaban J connectivity index is 0.00000216. The molecule has 2 aromatic heterocycles. The van der Waals surface area contributed by atoms with Crippen LogP contribution in [0.3, 0.4) is 0 Å². The third kappa shape index (κ3) is 3.90. The van der Waals surface area contributed by atoms with Crippen LogP contribution in [0, 0.1) is 11.8 Å². The van der Waals surface area contributed by atoms with E-state index in [2.05, 4.69) is 41.3 Å². The van der Waals surface area contributed by atoms with Crippen molar-refractivity contribution in [3.63, 3.8) is 0 Å². The van der Waals surface area contributed by atoms with Crippen molar-refractivity contribution in [1.29, 1.82) is 0 Å². The van der Waals surface area contributed by atoms with E-state index in [0.717, 1.165) is 71.4 Å². The number of hydrogen-bond acceptors (Lipinski definition) is 8. The summed E-state index contributed by atoms with van der Waals surface area (Å²) in [6, 6.07) is 0. The van der Waals surface area contributed by atoms with Crippen LogP contribution in [-0.2, 0) is 12.1 Å². The average Bonchev–Trinajstić information content (AvgIpc) is 3.44. The Morgan fingerprint density at radius 1 is 1.12 bits per heavy atom. The topological polar surface area (TPSA) is 119 Å². The number of halogens is 1. The average molecular weight is 463 g/mol. The molecule has 0 radical (unpaired) electrons. The minimum atomic E-state index is -0.209. The SMILES string of the molecule is Cl.O=C(NC12CC3CC(C1)CC(n1ncnn1)(C3)C2)c1cn(CCN2CCNCC2)nn1. The van der Waals surface area contributed by atoms with E-state index < -0.39 is 0 Å². The lowest BCUT2D eigenvalue weighted by Gasteiger charge is -2.61. The van der Waals surface area contributed by atoms with Crippen LogP contribution in [0.15, 0.2) is 12.5 Å². The maximum atomic E-state index is 13.1. The first kappa shape index (κ1) is 21.7.